The molecule has 0 aliphatic heterocycles. The number of hydrogen-bond acceptors (Lipinski definition) is 7. The van der Waals surface area contributed by atoms with Crippen LogP contribution in [0.1, 0.15) is 5.56 Å². The van der Waals surface area contributed by atoms with E-state index in [0.29, 0.717) is 18.1 Å². The molecular weight excluding hydrogens is 377 g/mol. The number of anilines is 3. The van der Waals surface area contributed by atoms with Gasteiger partial charge < -0.3 is 15.2 Å². The van der Waals surface area contributed by atoms with Gasteiger partial charge in [-0.1, -0.05) is 6.07 Å². The molecule has 3 rings (SSSR count). The van der Waals surface area contributed by atoms with Crippen LogP contribution in [0.15, 0.2) is 61.1 Å². The second kappa shape index (κ2) is 8.19. The first-order valence-corrected chi connectivity index (χ1v) is 11.1. The van der Waals surface area contributed by atoms with E-state index in [1.807, 2.05) is 6.07 Å². The van der Waals surface area contributed by atoms with Crippen LogP contribution in [0.4, 0.5) is 22.9 Å². The lowest BCUT2D eigenvalue weighted by Crippen LogP contribution is -2.05. The highest BCUT2D eigenvalue weighted by Crippen LogP contribution is 2.35. The topological polar surface area (TPSA) is 110 Å². The summed E-state index contributed by atoms with van der Waals surface area (Å²) in [6, 6.07) is 12.5. The summed E-state index contributed by atoms with van der Waals surface area (Å²) in [6.07, 6.45) is 4.58. The summed E-state index contributed by atoms with van der Waals surface area (Å²) >= 11 is 0. The second-order valence-corrected chi connectivity index (χ2v) is 9.80. The Labute approximate surface area is 162 Å². The maximum Gasteiger partial charge on any atom is 0.310 e. The van der Waals surface area contributed by atoms with Crippen LogP contribution < -0.4 is 15.9 Å². The first-order chi connectivity index (χ1) is 13.3. The normalized spacial score (nSPS) is 11.1. The van der Waals surface area contributed by atoms with Gasteiger partial charge in [-0.05, 0) is 49.2 Å². The first-order valence-electron chi connectivity index (χ1n) is 8.53. The van der Waals surface area contributed by atoms with Crippen LogP contribution in [0.5, 0.6) is 0 Å². The van der Waals surface area contributed by atoms with Crippen molar-refractivity contribution in [2.45, 2.75) is 6.54 Å². The van der Waals surface area contributed by atoms with Crippen molar-refractivity contribution >= 4 is 35.3 Å². The van der Waals surface area contributed by atoms with Gasteiger partial charge in [0, 0.05) is 36.0 Å². The van der Waals surface area contributed by atoms with E-state index in [0.717, 1.165) is 16.6 Å². The van der Waals surface area contributed by atoms with E-state index >= 15 is 0 Å². The zero-order chi connectivity index (χ0) is 20.1. The summed E-state index contributed by atoms with van der Waals surface area (Å²) in [7, 11) is -2.32. The molecule has 0 fully saturated rings. The lowest BCUT2D eigenvalue weighted by Gasteiger charge is -2.11. The average Bonchev–Trinajstić information content (AvgIpc) is 2.67. The number of aromatic nitrogens is 2. The zero-order valence-corrected chi connectivity index (χ0v) is 16.4. The van der Waals surface area contributed by atoms with Crippen LogP contribution in [0.2, 0.25) is 0 Å². The molecule has 0 aliphatic carbocycles. The van der Waals surface area contributed by atoms with Gasteiger partial charge in [-0.3, -0.25) is 15.1 Å². The molecule has 0 atom stereocenters. The predicted molar refractivity (Wildman–Crippen MR) is 111 cm³/mol. The standard InChI is InChI=1S/C19H20N5O3P/c1-28(2,27)16-7-5-15(6-8-16)23-19-10-17(18(13-22-19)24(25)26)21-12-14-4-3-9-20-11-14/h3-11,13H,12H2,1-2H3,(H2,21,22,23). The van der Waals surface area contributed by atoms with Crippen LogP contribution in [0.3, 0.4) is 0 Å². The first kappa shape index (κ1) is 19.5. The molecule has 0 radical (unpaired) electrons. The summed E-state index contributed by atoms with van der Waals surface area (Å²) in [5.41, 5.74) is 1.90. The molecule has 28 heavy (non-hydrogen) atoms. The zero-order valence-electron chi connectivity index (χ0n) is 15.5. The molecule has 0 bridgehead atoms. The van der Waals surface area contributed by atoms with E-state index in [1.54, 1.807) is 62.1 Å². The van der Waals surface area contributed by atoms with E-state index < -0.39 is 12.1 Å². The Kier molecular flexibility index (Phi) is 5.70. The Hall–Kier alpha value is -3.25. The van der Waals surface area contributed by atoms with E-state index in [2.05, 4.69) is 20.6 Å². The second-order valence-electron chi connectivity index (χ2n) is 6.58. The van der Waals surface area contributed by atoms with Gasteiger partial charge in [0.1, 0.15) is 24.8 Å². The molecule has 1 aromatic carbocycles. The Balaban J connectivity index is 1.80. The minimum absolute atomic E-state index is 0.109. The molecule has 0 amide bonds. The summed E-state index contributed by atoms with van der Waals surface area (Å²) in [5.74, 6) is 0.461. The van der Waals surface area contributed by atoms with E-state index in [-0.39, 0.29) is 5.69 Å². The number of nitro groups is 1. The Morgan fingerprint density at radius 2 is 1.89 bits per heavy atom. The Morgan fingerprint density at radius 1 is 1.14 bits per heavy atom. The highest BCUT2D eigenvalue weighted by atomic mass is 31.2. The molecule has 0 saturated carbocycles. The van der Waals surface area contributed by atoms with Crippen molar-refractivity contribution in [2.24, 2.45) is 0 Å². The minimum Gasteiger partial charge on any atom is -0.375 e. The molecule has 0 unspecified atom stereocenters. The van der Waals surface area contributed by atoms with Crippen LogP contribution in [-0.4, -0.2) is 28.2 Å². The fourth-order valence-corrected chi connectivity index (χ4v) is 3.42. The molecule has 9 heteroatoms. The van der Waals surface area contributed by atoms with Crippen molar-refractivity contribution in [1.29, 1.82) is 0 Å². The van der Waals surface area contributed by atoms with Gasteiger partial charge in [-0.15, -0.1) is 0 Å². The van der Waals surface area contributed by atoms with Gasteiger partial charge in [-0.25, -0.2) is 4.98 Å². The summed E-state index contributed by atoms with van der Waals surface area (Å²) in [4.78, 5) is 19.0. The third kappa shape index (κ3) is 4.92. The van der Waals surface area contributed by atoms with Gasteiger partial charge in [0.15, 0.2) is 0 Å². The van der Waals surface area contributed by atoms with E-state index in [1.165, 1.54) is 6.20 Å². The highest BCUT2D eigenvalue weighted by molar-refractivity contribution is 7.70. The largest absolute Gasteiger partial charge is 0.375 e. The summed E-state index contributed by atoms with van der Waals surface area (Å²) < 4.78 is 12.1. The molecule has 3 aromatic rings. The lowest BCUT2D eigenvalue weighted by molar-refractivity contribution is -0.384. The summed E-state index contributed by atoms with van der Waals surface area (Å²) in [5, 5.41) is 18.3. The van der Waals surface area contributed by atoms with Gasteiger partial charge in [-0.2, -0.15) is 0 Å². The molecule has 0 aliphatic rings. The minimum atomic E-state index is -2.32. The maximum atomic E-state index is 12.1. The van der Waals surface area contributed by atoms with E-state index in [9.17, 15) is 14.7 Å². The number of rotatable bonds is 7. The van der Waals surface area contributed by atoms with Crippen molar-refractivity contribution in [3.05, 3.63) is 76.7 Å². The number of pyridine rings is 2. The van der Waals surface area contributed by atoms with Crippen molar-refractivity contribution in [1.82, 2.24) is 9.97 Å². The van der Waals surface area contributed by atoms with Gasteiger partial charge in [0.05, 0.1) is 4.92 Å². The SMILES string of the molecule is CP(C)(=O)c1ccc(Nc2cc(NCc3cccnc3)c([N+](=O)[O-])cn2)cc1. The van der Waals surface area contributed by atoms with Crippen molar-refractivity contribution < 1.29 is 9.49 Å². The number of benzene rings is 1. The van der Waals surface area contributed by atoms with Crippen LogP contribution in [0, 0.1) is 10.1 Å². The molecule has 2 N–H and O–H groups in total. The van der Waals surface area contributed by atoms with Gasteiger partial charge in [0.25, 0.3) is 0 Å². The molecular formula is C19H20N5O3P. The predicted octanol–water partition coefficient (Wildman–Crippen LogP) is 3.99. The van der Waals surface area contributed by atoms with Crippen LogP contribution in [0.25, 0.3) is 0 Å². The van der Waals surface area contributed by atoms with Gasteiger partial charge >= 0.3 is 5.69 Å². The lowest BCUT2D eigenvalue weighted by atomic mass is 10.2. The fraction of sp³-hybridized carbons (Fsp3) is 0.158. The summed E-state index contributed by atoms with van der Waals surface area (Å²) in [6.45, 7) is 3.83. The number of nitrogens with zero attached hydrogens (tertiary/aromatic N) is 3. The van der Waals surface area contributed by atoms with E-state index in [4.69, 9.17) is 0 Å². The smallest absolute Gasteiger partial charge is 0.310 e. The molecule has 0 saturated heterocycles. The quantitative estimate of drug-likeness (QED) is 0.352. The molecule has 2 heterocycles. The number of nitrogens with one attached hydrogen (secondary N) is 2. The Morgan fingerprint density at radius 3 is 2.50 bits per heavy atom. The van der Waals surface area contributed by atoms with Crippen molar-refractivity contribution in [2.75, 3.05) is 24.0 Å². The monoisotopic (exact) mass is 397 g/mol. The molecule has 0 spiro atoms. The average molecular weight is 397 g/mol. The fourth-order valence-electron chi connectivity index (χ4n) is 2.56. The molecule has 2 aromatic heterocycles. The molecule has 144 valence electrons. The third-order valence-electron chi connectivity index (χ3n) is 4.05. The van der Waals surface area contributed by atoms with Gasteiger partial charge in [0.2, 0.25) is 0 Å². The Bertz CT molecular complexity index is 1020. The number of hydrogen-bond donors (Lipinski definition) is 2. The van der Waals surface area contributed by atoms with Crippen molar-refractivity contribution in [3.63, 3.8) is 0 Å². The maximum absolute atomic E-state index is 12.1. The molecule has 8 nitrogen and oxygen atoms in total. The third-order valence-corrected chi connectivity index (χ3v) is 5.59. The van der Waals surface area contributed by atoms with Crippen LogP contribution >= 0.6 is 7.14 Å². The highest BCUT2D eigenvalue weighted by Gasteiger charge is 2.16. The van der Waals surface area contributed by atoms with Crippen molar-refractivity contribution in [3.8, 4) is 0 Å². The van der Waals surface area contributed by atoms with Crippen LogP contribution in [-0.2, 0) is 11.1 Å².